The molecule has 0 saturated heterocycles. The van der Waals surface area contributed by atoms with E-state index in [2.05, 4.69) is 42.7 Å². The van der Waals surface area contributed by atoms with Crippen molar-refractivity contribution in [2.75, 3.05) is 13.2 Å². The van der Waals surface area contributed by atoms with Gasteiger partial charge < -0.3 is 19.3 Å². The Bertz CT molecular complexity index is 921. The van der Waals surface area contributed by atoms with Crippen LogP contribution in [0.25, 0.3) is 0 Å². The van der Waals surface area contributed by atoms with Crippen molar-refractivity contribution in [3.8, 4) is 0 Å². The molecule has 0 fully saturated rings. The summed E-state index contributed by atoms with van der Waals surface area (Å²) in [4.78, 5) is 42.5. The fourth-order valence-corrected chi connectivity index (χ4v) is 5.46. The van der Waals surface area contributed by atoms with Gasteiger partial charge >= 0.3 is 19.8 Å². The van der Waals surface area contributed by atoms with E-state index in [9.17, 15) is 14.2 Å². The third-order valence-corrected chi connectivity index (χ3v) is 8.44. The molecule has 8 nitrogen and oxygen atoms in total. The van der Waals surface area contributed by atoms with E-state index in [0.717, 1.165) is 51.4 Å². The summed E-state index contributed by atoms with van der Waals surface area (Å²) in [6.45, 7) is 3.53. The number of rotatable bonds is 34. The number of carbonyl (C=O) groups excluding carboxylic acids is 2. The van der Waals surface area contributed by atoms with E-state index in [0.29, 0.717) is 6.42 Å². The molecule has 1 atom stereocenters. The highest BCUT2D eigenvalue weighted by molar-refractivity contribution is 7.46. The molecule has 0 aliphatic heterocycles. The average molecular weight is 697 g/mol. The van der Waals surface area contributed by atoms with Gasteiger partial charge in [-0.25, -0.2) is 9.36 Å². The lowest BCUT2D eigenvalue weighted by molar-refractivity contribution is -0.159. The average Bonchev–Trinajstić information content (AvgIpc) is 3.05. The Labute approximate surface area is 293 Å². The van der Waals surface area contributed by atoms with E-state index in [-0.39, 0.29) is 13.0 Å². The molecule has 0 aliphatic carbocycles. The monoisotopic (exact) mass is 696 g/mol. The number of phosphoric ester groups is 1. The van der Waals surface area contributed by atoms with Gasteiger partial charge in [-0.1, -0.05) is 159 Å². The van der Waals surface area contributed by atoms with Crippen LogP contribution < -0.4 is 0 Å². The lowest BCUT2D eigenvalue weighted by Gasteiger charge is -2.18. The summed E-state index contributed by atoms with van der Waals surface area (Å²) in [6, 6.07) is 0. The predicted octanol–water partition coefficient (Wildman–Crippen LogP) is 11.2. The number of carbonyl (C=O) groups is 2. The summed E-state index contributed by atoms with van der Waals surface area (Å²) in [6.07, 6.45) is 41.7. The highest BCUT2D eigenvalue weighted by Crippen LogP contribution is 2.35. The van der Waals surface area contributed by atoms with Crippen molar-refractivity contribution in [3.05, 3.63) is 48.6 Å². The number of allylic oxidation sites excluding steroid dienone is 7. The third-order valence-electron chi connectivity index (χ3n) is 7.95. The van der Waals surface area contributed by atoms with E-state index in [1.165, 1.54) is 96.0 Å². The molecule has 0 aromatic heterocycles. The highest BCUT2D eigenvalue weighted by Gasteiger charge is 2.22. The van der Waals surface area contributed by atoms with Crippen LogP contribution in [-0.2, 0) is 28.2 Å². The molecule has 278 valence electrons. The van der Waals surface area contributed by atoms with Crippen LogP contribution in [-0.4, -0.2) is 41.0 Å². The van der Waals surface area contributed by atoms with Gasteiger partial charge in [0, 0.05) is 12.5 Å². The van der Waals surface area contributed by atoms with Crippen LogP contribution in [0.2, 0.25) is 0 Å². The molecule has 0 bridgehead atoms. The molecule has 0 unspecified atom stereocenters. The molecule has 0 aliphatic rings. The number of phosphoric acid groups is 1. The lowest BCUT2D eigenvalue weighted by Crippen LogP contribution is -2.29. The number of hydrogen-bond acceptors (Lipinski definition) is 6. The van der Waals surface area contributed by atoms with Crippen LogP contribution >= 0.6 is 7.82 Å². The van der Waals surface area contributed by atoms with Gasteiger partial charge in [0.2, 0.25) is 0 Å². The molecule has 2 N–H and O–H groups in total. The van der Waals surface area contributed by atoms with Crippen LogP contribution in [0.15, 0.2) is 48.6 Å². The van der Waals surface area contributed by atoms with Crippen LogP contribution in [0.4, 0.5) is 0 Å². The zero-order valence-corrected chi connectivity index (χ0v) is 31.3. The third kappa shape index (κ3) is 36.8. The van der Waals surface area contributed by atoms with E-state index >= 15 is 0 Å². The van der Waals surface area contributed by atoms with Gasteiger partial charge in [0.25, 0.3) is 0 Å². The molecule has 0 heterocycles. The Morgan fingerprint density at radius 3 is 1.48 bits per heavy atom. The molecule has 0 saturated carbocycles. The van der Waals surface area contributed by atoms with Crippen molar-refractivity contribution in [3.63, 3.8) is 0 Å². The topological polar surface area (TPSA) is 119 Å². The Morgan fingerprint density at radius 1 is 0.583 bits per heavy atom. The lowest BCUT2D eigenvalue weighted by atomic mass is 10.1. The number of hydrogen-bond donors (Lipinski definition) is 2. The van der Waals surface area contributed by atoms with Crippen molar-refractivity contribution in [2.45, 2.75) is 174 Å². The molecule has 0 aromatic rings. The van der Waals surface area contributed by atoms with Gasteiger partial charge in [-0.05, 0) is 44.9 Å². The SMILES string of the molecule is CCCCCC/C=C/C=C/CCCCCCCC(=O)O[C@H](COC(=O)/C=C/C=C/CCCCCCCCCCCCC)COP(=O)(O)O. The van der Waals surface area contributed by atoms with Crippen LogP contribution in [0.3, 0.4) is 0 Å². The number of unbranched alkanes of at least 4 members (excludes halogenated alkanes) is 20. The molecule has 48 heavy (non-hydrogen) atoms. The first-order chi connectivity index (χ1) is 23.3. The summed E-state index contributed by atoms with van der Waals surface area (Å²) in [5.41, 5.74) is 0. The largest absolute Gasteiger partial charge is 0.469 e. The minimum absolute atomic E-state index is 0.174. The van der Waals surface area contributed by atoms with E-state index < -0.39 is 32.5 Å². The highest BCUT2D eigenvalue weighted by atomic mass is 31.2. The van der Waals surface area contributed by atoms with Crippen LogP contribution in [0.5, 0.6) is 0 Å². The minimum Gasteiger partial charge on any atom is -0.458 e. The van der Waals surface area contributed by atoms with Crippen molar-refractivity contribution in [1.82, 2.24) is 0 Å². The Hall–Kier alpha value is -1.99. The van der Waals surface area contributed by atoms with Gasteiger partial charge in [-0.15, -0.1) is 0 Å². The second-order valence-corrected chi connectivity index (χ2v) is 13.9. The van der Waals surface area contributed by atoms with Crippen LogP contribution in [0.1, 0.15) is 168 Å². The summed E-state index contributed by atoms with van der Waals surface area (Å²) in [5.74, 6) is -1.16. The fourth-order valence-electron chi connectivity index (χ4n) is 5.10. The quantitative estimate of drug-likeness (QED) is 0.0224. The molecule has 0 amide bonds. The molecular weight excluding hydrogens is 627 g/mol. The Balaban J connectivity index is 4.10. The van der Waals surface area contributed by atoms with Crippen molar-refractivity contribution < 1.29 is 37.9 Å². The molecule has 0 radical (unpaired) electrons. The molecule has 0 spiro atoms. The van der Waals surface area contributed by atoms with Crippen molar-refractivity contribution >= 4 is 19.8 Å². The van der Waals surface area contributed by atoms with Crippen molar-refractivity contribution in [2.24, 2.45) is 0 Å². The summed E-state index contributed by atoms with van der Waals surface area (Å²) in [7, 11) is -4.77. The summed E-state index contributed by atoms with van der Waals surface area (Å²) >= 11 is 0. The minimum atomic E-state index is -4.77. The van der Waals surface area contributed by atoms with Gasteiger partial charge in [0.15, 0.2) is 6.10 Å². The summed E-state index contributed by atoms with van der Waals surface area (Å²) in [5, 5.41) is 0. The van der Waals surface area contributed by atoms with Gasteiger partial charge in [0.05, 0.1) is 6.61 Å². The Kier molecular flexibility index (Phi) is 33.4. The summed E-state index contributed by atoms with van der Waals surface area (Å²) < 4.78 is 26.1. The van der Waals surface area contributed by atoms with E-state index in [1.54, 1.807) is 12.2 Å². The number of ether oxygens (including phenoxy) is 2. The second kappa shape index (κ2) is 34.9. The molecule has 0 rings (SSSR count). The first-order valence-electron chi connectivity index (χ1n) is 19.0. The van der Waals surface area contributed by atoms with Crippen molar-refractivity contribution in [1.29, 1.82) is 0 Å². The molecular formula is C39H69O8P. The molecule has 0 aromatic carbocycles. The van der Waals surface area contributed by atoms with Gasteiger partial charge in [0.1, 0.15) is 6.61 Å². The zero-order valence-electron chi connectivity index (χ0n) is 30.4. The van der Waals surface area contributed by atoms with E-state index in [4.69, 9.17) is 19.3 Å². The van der Waals surface area contributed by atoms with Gasteiger partial charge in [-0.3, -0.25) is 9.32 Å². The smallest absolute Gasteiger partial charge is 0.458 e. The maximum absolute atomic E-state index is 12.3. The Morgan fingerprint density at radius 2 is 1.00 bits per heavy atom. The predicted molar refractivity (Wildman–Crippen MR) is 198 cm³/mol. The first kappa shape index (κ1) is 46.0. The fraction of sp³-hybridized carbons (Fsp3) is 0.744. The van der Waals surface area contributed by atoms with Gasteiger partial charge in [-0.2, -0.15) is 0 Å². The maximum atomic E-state index is 12.3. The standard InChI is InChI=1S/C39H69O8P/c1-3-5-7-9-11-13-15-17-19-21-23-25-27-29-31-33-38(40)45-35-37(36-46-48(42,43)44)47-39(41)34-32-30-28-26-24-22-20-18-16-14-12-10-8-6-4-2/h14,16,18,20,27,29,31,33,37H,3-13,15,17,19,21-26,28,30,32,34-36H2,1-2H3,(H2,42,43,44)/b16-14+,20-18+,29-27+,33-31+/t37-/m1/s1. The maximum Gasteiger partial charge on any atom is 0.469 e. The second-order valence-electron chi connectivity index (χ2n) is 12.7. The number of esters is 2. The molecule has 9 heteroatoms. The first-order valence-corrected chi connectivity index (χ1v) is 20.5. The zero-order chi connectivity index (χ0) is 35.4. The van der Waals surface area contributed by atoms with Crippen LogP contribution in [0, 0.1) is 0 Å². The van der Waals surface area contributed by atoms with E-state index in [1.807, 2.05) is 6.08 Å². The normalized spacial score (nSPS) is 13.0.